The largest absolute Gasteiger partial charge is 0.459 e. The normalized spacial score (nSPS) is 33.4. The minimum absolute atomic E-state index is 0.254. The van der Waals surface area contributed by atoms with Crippen molar-refractivity contribution < 1.29 is 24.2 Å². The summed E-state index contributed by atoms with van der Waals surface area (Å²) in [4.78, 5) is 36.1. The molecule has 1 unspecified atom stereocenters. The van der Waals surface area contributed by atoms with Crippen LogP contribution in [0.1, 0.15) is 39.2 Å². The van der Waals surface area contributed by atoms with E-state index in [0.717, 1.165) is 18.3 Å². The van der Waals surface area contributed by atoms with Gasteiger partial charge in [0.05, 0.1) is 12.0 Å². The number of carbonyl (C=O) groups is 3. The zero-order valence-corrected chi connectivity index (χ0v) is 17.1. The van der Waals surface area contributed by atoms with E-state index in [2.05, 4.69) is 0 Å². The average molecular weight is 396 g/mol. The third kappa shape index (κ3) is 3.84. The summed E-state index contributed by atoms with van der Waals surface area (Å²) >= 11 is 0. The second-order valence-corrected chi connectivity index (χ2v) is 8.93. The Morgan fingerprint density at radius 1 is 1.17 bits per heavy atom. The molecule has 1 fully saturated rings. The lowest BCUT2D eigenvalue weighted by molar-refractivity contribution is -0.187. The van der Waals surface area contributed by atoms with Crippen molar-refractivity contribution in [2.45, 2.75) is 45.8 Å². The van der Waals surface area contributed by atoms with Gasteiger partial charge in [-0.2, -0.15) is 0 Å². The van der Waals surface area contributed by atoms with Gasteiger partial charge in [0.15, 0.2) is 0 Å². The fraction of sp³-hybridized carbons (Fsp3) is 0.458. The molecule has 0 radical (unpaired) electrons. The molecule has 0 aliphatic heterocycles. The van der Waals surface area contributed by atoms with Crippen LogP contribution in [-0.4, -0.2) is 35.9 Å². The van der Waals surface area contributed by atoms with E-state index in [9.17, 15) is 19.5 Å². The highest BCUT2D eigenvalue weighted by molar-refractivity contribution is 5.87. The molecule has 29 heavy (non-hydrogen) atoms. The lowest BCUT2D eigenvalue weighted by Crippen LogP contribution is -2.61. The number of esters is 1. The van der Waals surface area contributed by atoms with Gasteiger partial charge in [-0.15, -0.1) is 0 Å². The smallest absolute Gasteiger partial charge is 0.331 e. The van der Waals surface area contributed by atoms with Gasteiger partial charge in [0.1, 0.15) is 18.7 Å². The summed E-state index contributed by atoms with van der Waals surface area (Å²) < 4.78 is 5.81. The predicted octanol–water partition coefficient (Wildman–Crippen LogP) is 3.37. The molecule has 1 saturated carbocycles. The van der Waals surface area contributed by atoms with Crippen molar-refractivity contribution in [2.24, 2.45) is 22.7 Å². The summed E-state index contributed by atoms with van der Waals surface area (Å²) in [6.45, 7) is 5.96. The minimum Gasteiger partial charge on any atom is -0.459 e. The van der Waals surface area contributed by atoms with Gasteiger partial charge in [0.25, 0.3) is 0 Å². The summed E-state index contributed by atoms with van der Waals surface area (Å²) in [6.07, 6.45) is 5.75. The van der Waals surface area contributed by atoms with Crippen LogP contribution >= 0.6 is 0 Å². The van der Waals surface area contributed by atoms with Crippen LogP contribution in [0.3, 0.4) is 0 Å². The van der Waals surface area contributed by atoms with Crippen LogP contribution < -0.4 is 0 Å². The Morgan fingerprint density at radius 3 is 2.48 bits per heavy atom. The Morgan fingerprint density at radius 2 is 1.86 bits per heavy atom. The number of aliphatic hydroxyl groups is 1. The molecule has 154 valence electrons. The Labute approximate surface area is 171 Å². The molecule has 1 aromatic carbocycles. The summed E-state index contributed by atoms with van der Waals surface area (Å²) in [5.41, 5.74) is -0.0130. The van der Waals surface area contributed by atoms with E-state index >= 15 is 0 Å². The number of rotatable bonds is 5. The molecule has 1 aromatic rings. The number of fused-ring (bicyclic) bond motifs is 1. The number of allylic oxidation sites excluding steroid dienone is 1. The van der Waals surface area contributed by atoms with Crippen molar-refractivity contribution in [1.29, 1.82) is 0 Å². The molecule has 3 rings (SSSR count). The standard InChI is InChI=1S/C24H28O5/c1-23(2)12-11-20(29-21(28)10-9-16-7-5-4-6-8-16)24(3)18(15-26)17(14-25)13-19(27)22(23)24/h4-10,13-15,18-20,22,27H,11-12H2,1-3H3/b10-9+/t18-,19+,20?,22+,24+/m1/s1. The van der Waals surface area contributed by atoms with Crippen LogP contribution in [0.5, 0.6) is 0 Å². The van der Waals surface area contributed by atoms with Crippen molar-refractivity contribution in [3.8, 4) is 0 Å². The molecule has 2 aliphatic rings. The van der Waals surface area contributed by atoms with E-state index in [1.54, 1.807) is 6.08 Å². The summed E-state index contributed by atoms with van der Waals surface area (Å²) in [6, 6.07) is 9.42. The maximum absolute atomic E-state index is 12.5. The molecule has 0 bridgehead atoms. The van der Waals surface area contributed by atoms with E-state index in [1.807, 2.05) is 51.1 Å². The minimum atomic E-state index is -0.882. The Kier molecular flexibility index (Phi) is 5.90. The zero-order valence-electron chi connectivity index (χ0n) is 17.1. The number of hydrogen-bond donors (Lipinski definition) is 1. The second kappa shape index (κ2) is 8.07. The fourth-order valence-electron chi connectivity index (χ4n) is 5.42. The van der Waals surface area contributed by atoms with Gasteiger partial charge in [-0.05, 0) is 36.0 Å². The lowest BCUT2D eigenvalue weighted by atomic mass is 9.47. The van der Waals surface area contributed by atoms with Crippen molar-refractivity contribution >= 4 is 24.6 Å². The van der Waals surface area contributed by atoms with Crippen LogP contribution in [0.2, 0.25) is 0 Å². The fourth-order valence-corrected chi connectivity index (χ4v) is 5.42. The highest BCUT2D eigenvalue weighted by Crippen LogP contribution is 2.59. The van der Waals surface area contributed by atoms with Crippen LogP contribution in [-0.2, 0) is 19.1 Å². The van der Waals surface area contributed by atoms with E-state index in [-0.39, 0.29) is 16.9 Å². The van der Waals surface area contributed by atoms with Crippen LogP contribution in [0.15, 0.2) is 48.1 Å². The third-order valence-electron chi connectivity index (χ3n) is 6.73. The van der Waals surface area contributed by atoms with Gasteiger partial charge in [-0.25, -0.2) is 4.79 Å². The molecular weight excluding hydrogens is 368 g/mol. The maximum atomic E-state index is 12.5. The van der Waals surface area contributed by atoms with Gasteiger partial charge < -0.3 is 14.6 Å². The molecule has 0 spiro atoms. The van der Waals surface area contributed by atoms with Crippen LogP contribution in [0, 0.1) is 22.7 Å². The Balaban J connectivity index is 1.92. The molecule has 0 heterocycles. The molecule has 5 heteroatoms. The van der Waals surface area contributed by atoms with Crippen molar-refractivity contribution in [3.63, 3.8) is 0 Å². The maximum Gasteiger partial charge on any atom is 0.331 e. The van der Waals surface area contributed by atoms with Gasteiger partial charge in [0.2, 0.25) is 0 Å². The quantitative estimate of drug-likeness (QED) is 0.469. The first-order valence-electron chi connectivity index (χ1n) is 9.98. The first-order valence-corrected chi connectivity index (χ1v) is 9.98. The number of hydrogen-bond acceptors (Lipinski definition) is 5. The lowest BCUT2D eigenvalue weighted by Gasteiger charge is -2.59. The Bertz CT molecular complexity index is 838. The monoisotopic (exact) mass is 396 g/mol. The van der Waals surface area contributed by atoms with Crippen molar-refractivity contribution in [2.75, 3.05) is 0 Å². The molecule has 1 N–H and O–H groups in total. The number of aldehydes is 2. The van der Waals surface area contributed by atoms with Crippen LogP contribution in [0.25, 0.3) is 6.08 Å². The van der Waals surface area contributed by atoms with Crippen molar-refractivity contribution in [1.82, 2.24) is 0 Å². The highest BCUT2D eigenvalue weighted by atomic mass is 16.5. The predicted molar refractivity (Wildman–Crippen MR) is 110 cm³/mol. The first kappa shape index (κ1) is 21.2. The second-order valence-electron chi connectivity index (χ2n) is 8.93. The van der Waals surface area contributed by atoms with Gasteiger partial charge in [-0.1, -0.05) is 51.1 Å². The van der Waals surface area contributed by atoms with Gasteiger partial charge in [-0.3, -0.25) is 4.79 Å². The van der Waals surface area contributed by atoms with E-state index in [1.165, 1.54) is 12.2 Å². The topological polar surface area (TPSA) is 80.7 Å². The zero-order chi connectivity index (χ0) is 21.2. The number of aliphatic hydroxyl groups excluding tert-OH is 1. The molecule has 5 nitrogen and oxygen atoms in total. The van der Waals surface area contributed by atoms with E-state index in [0.29, 0.717) is 12.7 Å². The van der Waals surface area contributed by atoms with Gasteiger partial charge >= 0.3 is 5.97 Å². The van der Waals surface area contributed by atoms with E-state index in [4.69, 9.17) is 4.74 Å². The molecular formula is C24H28O5. The summed E-state index contributed by atoms with van der Waals surface area (Å²) in [5, 5.41) is 10.8. The molecule has 2 aliphatic carbocycles. The first-order chi connectivity index (χ1) is 13.7. The van der Waals surface area contributed by atoms with Crippen LogP contribution in [0.4, 0.5) is 0 Å². The number of ether oxygens (including phenoxy) is 1. The summed E-state index contributed by atoms with van der Waals surface area (Å²) in [5.74, 6) is -1.55. The Hall–Kier alpha value is -2.53. The highest BCUT2D eigenvalue weighted by Gasteiger charge is 2.61. The van der Waals surface area contributed by atoms with Gasteiger partial charge in [0, 0.05) is 23.0 Å². The molecule has 0 amide bonds. The third-order valence-corrected chi connectivity index (χ3v) is 6.73. The number of carbonyl (C=O) groups excluding carboxylic acids is 3. The summed E-state index contributed by atoms with van der Waals surface area (Å²) in [7, 11) is 0. The molecule has 0 saturated heterocycles. The average Bonchev–Trinajstić information content (AvgIpc) is 2.68. The van der Waals surface area contributed by atoms with E-state index < -0.39 is 29.5 Å². The molecule has 5 atom stereocenters. The van der Waals surface area contributed by atoms with Crippen molar-refractivity contribution in [3.05, 3.63) is 53.6 Å². The molecule has 0 aromatic heterocycles. The SMILES string of the molecule is CC1(C)CCC(OC(=O)/C=C/c2ccccc2)[C@]2(C)[C@H](C=O)C(C=O)=C[C@H](O)[C@@H]12. The number of benzene rings is 1.